The number of benzene rings is 1. The van der Waals surface area contributed by atoms with Crippen molar-refractivity contribution < 1.29 is 14.6 Å². The van der Waals surface area contributed by atoms with Gasteiger partial charge < -0.3 is 14.2 Å². The fourth-order valence-corrected chi connectivity index (χ4v) is 2.36. The second kappa shape index (κ2) is 6.12. The van der Waals surface area contributed by atoms with E-state index in [-0.39, 0.29) is 5.69 Å². The number of nitrogens with zero attached hydrogens (tertiary/aromatic N) is 2. The van der Waals surface area contributed by atoms with Crippen molar-refractivity contribution >= 4 is 11.6 Å². The molecule has 1 N–H and O–H groups in total. The predicted octanol–water partition coefficient (Wildman–Crippen LogP) is 3.73. The molecule has 1 aromatic carbocycles. The van der Waals surface area contributed by atoms with E-state index in [1.54, 1.807) is 22.7 Å². The highest BCUT2D eigenvalue weighted by Crippen LogP contribution is 2.21. The summed E-state index contributed by atoms with van der Waals surface area (Å²) < 4.78 is 7.48. The third-order valence-corrected chi connectivity index (χ3v) is 3.71. The number of rotatable bonds is 5. The average molecular weight is 310 g/mol. The Kier molecular flexibility index (Phi) is 4.02. The van der Waals surface area contributed by atoms with E-state index in [4.69, 9.17) is 9.84 Å². The van der Waals surface area contributed by atoms with Crippen molar-refractivity contribution in [2.45, 2.75) is 26.4 Å². The molecule has 2 heterocycles. The largest absolute Gasteiger partial charge is 0.485 e. The lowest BCUT2D eigenvalue weighted by atomic mass is 10.0. The van der Waals surface area contributed by atoms with Gasteiger partial charge >= 0.3 is 5.97 Å². The topological polar surface area (TPSA) is 63.8 Å². The minimum Gasteiger partial charge on any atom is -0.485 e. The third kappa shape index (κ3) is 3.18. The monoisotopic (exact) mass is 310 g/mol. The first-order chi connectivity index (χ1) is 11.0. The standard InChI is InChI=1S/C18H18N2O3/c1-12(2)14-7-5-13(6-8-14)11-23-16-4-3-9-20-10-15(18(21)22)19-17(16)20/h3-10,12H,11H2,1-2H3,(H,21,22). The highest BCUT2D eigenvalue weighted by molar-refractivity contribution is 5.86. The zero-order valence-corrected chi connectivity index (χ0v) is 13.1. The van der Waals surface area contributed by atoms with Gasteiger partial charge in [-0.1, -0.05) is 38.1 Å². The van der Waals surface area contributed by atoms with Crippen molar-refractivity contribution in [3.8, 4) is 5.75 Å². The van der Waals surface area contributed by atoms with Crippen LogP contribution in [-0.2, 0) is 6.61 Å². The molecule has 0 fully saturated rings. The molecular formula is C18H18N2O3. The van der Waals surface area contributed by atoms with Gasteiger partial charge in [0.1, 0.15) is 6.61 Å². The number of pyridine rings is 1. The lowest BCUT2D eigenvalue weighted by Crippen LogP contribution is -1.98. The molecule has 0 amide bonds. The normalized spacial score (nSPS) is 11.1. The molecule has 2 aromatic heterocycles. The van der Waals surface area contributed by atoms with Crippen LogP contribution in [0, 0.1) is 0 Å². The Balaban J connectivity index is 1.80. The molecule has 0 atom stereocenters. The number of ether oxygens (including phenoxy) is 1. The van der Waals surface area contributed by atoms with Crippen LogP contribution >= 0.6 is 0 Å². The SMILES string of the molecule is CC(C)c1ccc(COc2cccn3cc(C(=O)O)nc23)cc1. The number of carbonyl (C=O) groups is 1. The van der Waals surface area contributed by atoms with Gasteiger partial charge in [-0.15, -0.1) is 0 Å². The molecule has 5 heteroatoms. The molecule has 5 nitrogen and oxygen atoms in total. The summed E-state index contributed by atoms with van der Waals surface area (Å²) in [6, 6.07) is 11.9. The first-order valence-corrected chi connectivity index (χ1v) is 7.47. The summed E-state index contributed by atoms with van der Waals surface area (Å²) in [5.41, 5.74) is 2.85. The summed E-state index contributed by atoms with van der Waals surface area (Å²) in [5, 5.41) is 9.04. The van der Waals surface area contributed by atoms with Crippen molar-refractivity contribution in [2.75, 3.05) is 0 Å². The van der Waals surface area contributed by atoms with Crippen LogP contribution in [-0.4, -0.2) is 20.5 Å². The molecule has 0 aliphatic carbocycles. The van der Waals surface area contributed by atoms with E-state index in [1.807, 2.05) is 12.1 Å². The average Bonchev–Trinajstić information content (AvgIpc) is 2.98. The summed E-state index contributed by atoms with van der Waals surface area (Å²) in [6.45, 7) is 4.72. The van der Waals surface area contributed by atoms with Gasteiger partial charge in [-0.05, 0) is 29.2 Å². The maximum absolute atomic E-state index is 11.0. The second-order valence-electron chi connectivity index (χ2n) is 5.72. The van der Waals surface area contributed by atoms with E-state index in [2.05, 4.69) is 31.0 Å². The first-order valence-electron chi connectivity index (χ1n) is 7.47. The molecule has 0 bridgehead atoms. The smallest absolute Gasteiger partial charge is 0.356 e. The van der Waals surface area contributed by atoms with Crippen molar-refractivity contribution in [2.24, 2.45) is 0 Å². The predicted molar refractivity (Wildman–Crippen MR) is 87.0 cm³/mol. The van der Waals surface area contributed by atoms with Crippen LogP contribution in [0.2, 0.25) is 0 Å². The Morgan fingerprint density at radius 1 is 1.26 bits per heavy atom. The van der Waals surface area contributed by atoms with E-state index in [9.17, 15) is 4.79 Å². The van der Waals surface area contributed by atoms with Gasteiger partial charge in [-0.2, -0.15) is 0 Å². The first kappa shape index (κ1) is 15.1. The van der Waals surface area contributed by atoms with E-state index in [0.29, 0.717) is 23.9 Å². The molecule has 0 saturated heterocycles. The van der Waals surface area contributed by atoms with E-state index in [1.165, 1.54) is 11.8 Å². The summed E-state index contributed by atoms with van der Waals surface area (Å²) >= 11 is 0. The third-order valence-electron chi connectivity index (χ3n) is 3.71. The summed E-state index contributed by atoms with van der Waals surface area (Å²) in [6.07, 6.45) is 3.22. The second-order valence-corrected chi connectivity index (χ2v) is 5.72. The Hall–Kier alpha value is -2.82. The highest BCUT2D eigenvalue weighted by Gasteiger charge is 2.12. The maximum Gasteiger partial charge on any atom is 0.356 e. The Labute approximate surface area is 134 Å². The maximum atomic E-state index is 11.0. The van der Waals surface area contributed by atoms with Gasteiger partial charge in [0, 0.05) is 12.4 Å². The number of aromatic nitrogens is 2. The zero-order valence-electron chi connectivity index (χ0n) is 13.1. The molecular weight excluding hydrogens is 292 g/mol. The molecule has 23 heavy (non-hydrogen) atoms. The van der Waals surface area contributed by atoms with Gasteiger partial charge in [0.05, 0.1) is 0 Å². The Morgan fingerprint density at radius 3 is 2.65 bits per heavy atom. The highest BCUT2D eigenvalue weighted by atomic mass is 16.5. The van der Waals surface area contributed by atoms with Crippen LogP contribution < -0.4 is 4.74 Å². The molecule has 3 rings (SSSR count). The summed E-state index contributed by atoms with van der Waals surface area (Å²) in [7, 11) is 0. The van der Waals surface area contributed by atoms with Crippen molar-refractivity contribution in [3.05, 3.63) is 65.6 Å². The number of imidazole rings is 1. The molecule has 3 aromatic rings. The van der Waals surface area contributed by atoms with Gasteiger partial charge in [0.2, 0.25) is 0 Å². The number of fused-ring (bicyclic) bond motifs is 1. The van der Waals surface area contributed by atoms with Gasteiger partial charge in [0.25, 0.3) is 0 Å². The molecule has 0 radical (unpaired) electrons. The zero-order chi connectivity index (χ0) is 16.4. The van der Waals surface area contributed by atoms with Crippen LogP contribution in [0.1, 0.15) is 41.4 Å². The van der Waals surface area contributed by atoms with E-state index < -0.39 is 5.97 Å². The van der Waals surface area contributed by atoms with Gasteiger partial charge in [-0.3, -0.25) is 0 Å². The van der Waals surface area contributed by atoms with Crippen molar-refractivity contribution in [3.63, 3.8) is 0 Å². The minimum absolute atomic E-state index is 0.00216. The fourth-order valence-electron chi connectivity index (χ4n) is 2.36. The van der Waals surface area contributed by atoms with Crippen molar-refractivity contribution in [1.29, 1.82) is 0 Å². The van der Waals surface area contributed by atoms with Crippen LogP contribution in [0.15, 0.2) is 48.8 Å². The molecule has 0 saturated carbocycles. The Bertz CT molecular complexity index is 835. The number of aromatic carboxylic acids is 1. The molecule has 0 aliphatic heterocycles. The lowest BCUT2D eigenvalue weighted by Gasteiger charge is -2.09. The number of carboxylic acids is 1. The fraction of sp³-hybridized carbons (Fsp3) is 0.222. The van der Waals surface area contributed by atoms with Crippen LogP contribution in [0.4, 0.5) is 0 Å². The van der Waals surface area contributed by atoms with Crippen LogP contribution in [0.25, 0.3) is 5.65 Å². The van der Waals surface area contributed by atoms with Gasteiger partial charge in [-0.25, -0.2) is 9.78 Å². The molecule has 0 spiro atoms. The molecule has 118 valence electrons. The van der Waals surface area contributed by atoms with E-state index in [0.717, 1.165) is 5.56 Å². The van der Waals surface area contributed by atoms with Crippen LogP contribution in [0.3, 0.4) is 0 Å². The summed E-state index contributed by atoms with van der Waals surface area (Å²) in [4.78, 5) is 15.1. The number of hydrogen-bond acceptors (Lipinski definition) is 3. The van der Waals surface area contributed by atoms with Crippen LogP contribution in [0.5, 0.6) is 5.75 Å². The quantitative estimate of drug-likeness (QED) is 0.780. The van der Waals surface area contributed by atoms with Crippen molar-refractivity contribution in [1.82, 2.24) is 9.38 Å². The lowest BCUT2D eigenvalue weighted by molar-refractivity contribution is 0.0691. The molecule has 0 unspecified atom stereocenters. The Morgan fingerprint density at radius 2 is 2.00 bits per heavy atom. The van der Waals surface area contributed by atoms with E-state index >= 15 is 0 Å². The number of carboxylic acid groups (broad SMARTS) is 1. The summed E-state index contributed by atoms with van der Waals surface area (Å²) in [5.74, 6) is 0.00920. The number of hydrogen-bond donors (Lipinski definition) is 1. The minimum atomic E-state index is -1.05. The molecule has 0 aliphatic rings. The van der Waals surface area contributed by atoms with Gasteiger partial charge in [0.15, 0.2) is 17.1 Å².